The summed E-state index contributed by atoms with van der Waals surface area (Å²) in [5.41, 5.74) is -0.724. The van der Waals surface area contributed by atoms with Gasteiger partial charge in [0.25, 0.3) is 11.6 Å². The summed E-state index contributed by atoms with van der Waals surface area (Å²) >= 11 is 0. The van der Waals surface area contributed by atoms with Crippen molar-refractivity contribution in [2.24, 2.45) is 0 Å². The average Bonchev–Trinajstić information content (AvgIpc) is 3.06. The zero-order valence-electron chi connectivity index (χ0n) is 14.1. The Morgan fingerprint density at radius 3 is 2.31 bits per heavy atom. The molecule has 0 unspecified atom stereocenters. The minimum absolute atomic E-state index is 0.00713. The molecule has 0 aromatic heterocycles. The summed E-state index contributed by atoms with van der Waals surface area (Å²) in [6.45, 7) is 1.61. The molecule has 2 aliphatic heterocycles. The molecule has 0 spiro atoms. The highest BCUT2D eigenvalue weighted by atomic mass is 16.6. The van der Waals surface area contributed by atoms with Gasteiger partial charge in [0.05, 0.1) is 10.5 Å². The highest BCUT2D eigenvalue weighted by Gasteiger charge is 2.32. The fourth-order valence-electron chi connectivity index (χ4n) is 3.58. The fraction of sp³-hybridized carbons (Fsp3) is 0.471. The molecule has 26 heavy (non-hydrogen) atoms. The Hall–Kier alpha value is -2.97. The maximum Gasteiger partial charge on any atom is 0.335 e. The van der Waals surface area contributed by atoms with Crippen LogP contribution in [0.2, 0.25) is 0 Å². The molecule has 1 aromatic carbocycles. The highest BCUT2D eigenvalue weighted by molar-refractivity contribution is 5.98. The maximum absolute atomic E-state index is 12.7. The molecule has 1 aromatic rings. The van der Waals surface area contributed by atoms with Crippen molar-refractivity contribution in [2.45, 2.75) is 31.7 Å². The second-order valence-electron chi connectivity index (χ2n) is 6.54. The van der Waals surface area contributed by atoms with E-state index >= 15 is 0 Å². The third-order valence-corrected chi connectivity index (χ3v) is 4.92. The van der Waals surface area contributed by atoms with Crippen LogP contribution in [0, 0.1) is 10.1 Å². The molecule has 0 aliphatic carbocycles. The summed E-state index contributed by atoms with van der Waals surface area (Å²) in [6.07, 6.45) is 2.74. The number of carboxylic acids is 1. The smallest absolute Gasteiger partial charge is 0.335 e. The number of aromatic carboxylic acids is 1. The van der Waals surface area contributed by atoms with Crippen molar-refractivity contribution in [3.63, 3.8) is 0 Å². The Kier molecular flexibility index (Phi) is 4.88. The number of benzene rings is 1. The lowest BCUT2D eigenvalue weighted by atomic mass is 10.0. The molecule has 0 radical (unpaired) electrons. The predicted molar refractivity (Wildman–Crippen MR) is 89.9 cm³/mol. The van der Waals surface area contributed by atoms with Gasteiger partial charge in [0.2, 0.25) is 5.91 Å². The molecule has 2 fully saturated rings. The van der Waals surface area contributed by atoms with Crippen molar-refractivity contribution in [2.75, 3.05) is 19.6 Å². The lowest BCUT2D eigenvalue weighted by molar-refractivity contribution is -0.384. The van der Waals surface area contributed by atoms with Crippen LogP contribution in [-0.2, 0) is 4.79 Å². The van der Waals surface area contributed by atoms with Crippen molar-refractivity contribution >= 4 is 23.5 Å². The Balaban J connectivity index is 1.73. The summed E-state index contributed by atoms with van der Waals surface area (Å²) in [5, 5.41) is 20.1. The van der Waals surface area contributed by atoms with Crippen LogP contribution in [-0.4, -0.2) is 63.3 Å². The van der Waals surface area contributed by atoms with Crippen LogP contribution in [0.1, 0.15) is 46.4 Å². The number of nitrogens with zero attached hydrogens (tertiary/aromatic N) is 3. The van der Waals surface area contributed by atoms with Crippen LogP contribution in [0.4, 0.5) is 5.69 Å². The summed E-state index contributed by atoms with van der Waals surface area (Å²) in [6, 6.07) is 3.32. The van der Waals surface area contributed by atoms with Gasteiger partial charge in [-0.3, -0.25) is 19.7 Å². The first-order valence-corrected chi connectivity index (χ1v) is 8.48. The molecule has 9 nitrogen and oxygen atoms in total. The number of carbonyl (C=O) groups is 3. The number of amides is 2. The average molecular weight is 361 g/mol. The summed E-state index contributed by atoms with van der Waals surface area (Å²) in [7, 11) is 0. The number of nitro groups is 1. The van der Waals surface area contributed by atoms with Crippen molar-refractivity contribution in [3.05, 3.63) is 39.4 Å². The van der Waals surface area contributed by atoms with Gasteiger partial charge in [-0.1, -0.05) is 0 Å². The van der Waals surface area contributed by atoms with Gasteiger partial charge in [-0.2, -0.15) is 0 Å². The summed E-state index contributed by atoms with van der Waals surface area (Å²) in [4.78, 5) is 49.4. The Bertz CT molecular complexity index is 738. The molecule has 0 atom stereocenters. The van der Waals surface area contributed by atoms with E-state index in [9.17, 15) is 24.5 Å². The zero-order chi connectivity index (χ0) is 18.8. The van der Waals surface area contributed by atoms with E-state index in [-0.39, 0.29) is 23.1 Å². The summed E-state index contributed by atoms with van der Waals surface area (Å²) in [5.74, 6) is -1.60. The molecule has 138 valence electrons. The van der Waals surface area contributed by atoms with Gasteiger partial charge in [0.1, 0.15) is 0 Å². The Labute approximate surface area is 149 Å². The number of hydrogen-bond acceptors (Lipinski definition) is 5. The first kappa shape index (κ1) is 17.8. The number of rotatable bonds is 4. The van der Waals surface area contributed by atoms with Gasteiger partial charge in [0.15, 0.2) is 0 Å². The molecular weight excluding hydrogens is 342 g/mol. The normalized spacial score (nSPS) is 18.2. The van der Waals surface area contributed by atoms with Gasteiger partial charge in [0, 0.05) is 49.8 Å². The Morgan fingerprint density at radius 1 is 1.12 bits per heavy atom. The second kappa shape index (κ2) is 7.11. The highest BCUT2D eigenvalue weighted by Crippen LogP contribution is 2.24. The fourth-order valence-corrected chi connectivity index (χ4v) is 3.58. The Morgan fingerprint density at radius 2 is 1.77 bits per heavy atom. The molecule has 3 rings (SSSR count). The number of carboxylic acid groups (broad SMARTS) is 1. The van der Waals surface area contributed by atoms with Gasteiger partial charge in [-0.25, -0.2) is 4.79 Å². The number of likely N-dealkylation sites (tertiary alicyclic amines) is 2. The molecular formula is C17H19N3O6. The van der Waals surface area contributed by atoms with Crippen LogP contribution in [0.5, 0.6) is 0 Å². The first-order valence-electron chi connectivity index (χ1n) is 8.48. The van der Waals surface area contributed by atoms with Crippen molar-refractivity contribution < 1.29 is 24.4 Å². The molecule has 1 N–H and O–H groups in total. The van der Waals surface area contributed by atoms with Crippen molar-refractivity contribution in [3.8, 4) is 0 Å². The third-order valence-electron chi connectivity index (χ3n) is 4.92. The number of carbonyl (C=O) groups excluding carboxylic acids is 2. The van der Waals surface area contributed by atoms with E-state index < -0.39 is 22.5 Å². The van der Waals surface area contributed by atoms with E-state index in [2.05, 4.69) is 0 Å². The van der Waals surface area contributed by atoms with Crippen molar-refractivity contribution in [1.82, 2.24) is 9.80 Å². The van der Waals surface area contributed by atoms with Crippen LogP contribution in [0.15, 0.2) is 18.2 Å². The topological polar surface area (TPSA) is 121 Å². The van der Waals surface area contributed by atoms with Crippen molar-refractivity contribution in [1.29, 1.82) is 0 Å². The number of hydrogen-bond donors (Lipinski definition) is 1. The maximum atomic E-state index is 12.7. The largest absolute Gasteiger partial charge is 0.478 e. The molecule has 0 bridgehead atoms. The van der Waals surface area contributed by atoms with Crippen LogP contribution in [0.3, 0.4) is 0 Å². The van der Waals surface area contributed by atoms with Gasteiger partial charge < -0.3 is 14.9 Å². The lowest BCUT2D eigenvalue weighted by Crippen LogP contribution is -2.47. The zero-order valence-corrected chi connectivity index (χ0v) is 14.1. The molecule has 9 heteroatoms. The molecule has 2 saturated heterocycles. The predicted octanol–water partition coefficient (Wildman–Crippen LogP) is 1.52. The number of nitro benzene ring substituents is 1. The quantitative estimate of drug-likeness (QED) is 0.641. The summed E-state index contributed by atoms with van der Waals surface area (Å²) < 4.78 is 0. The van der Waals surface area contributed by atoms with Crippen LogP contribution >= 0.6 is 0 Å². The number of piperidine rings is 1. The monoisotopic (exact) mass is 361 g/mol. The van der Waals surface area contributed by atoms with E-state index in [1.54, 1.807) is 4.90 Å². The molecule has 2 heterocycles. The van der Waals surface area contributed by atoms with Crippen LogP contribution < -0.4 is 0 Å². The molecule has 2 aliphatic rings. The molecule has 2 amide bonds. The standard InChI is InChI=1S/C17H19N3O6/c21-15-2-1-5-19(15)13-3-6-18(7-4-13)16(22)11-8-12(17(23)24)10-14(9-11)20(25)26/h8-10,13H,1-7H2,(H,23,24). The minimum Gasteiger partial charge on any atom is -0.478 e. The van der Waals surface area contributed by atoms with E-state index in [1.165, 1.54) is 0 Å². The van der Waals surface area contributed by atoms with Gasteiger partial charge in [-0.05, 0) is 25.3 Å². The molecule has 0 saturated carbocycles. The van der Waals surface area contributed by atoms with Crippen LogP contribution in [0.25, 0.3) is 0 Å². The number of non-ortho nitro benzene ring substituents is 1. The van der Waals surface area contributed by atoms with E-state index in [0.29, 0.717) is 32.4 Å². The van der Waals surface area contributed by atoms with E-state index in [4.69, 9.17) is 5.11 Å². The SMILES string of the molecule is O=C(O)c1cc(C(=O)N2CCC(N3CCCC3=O)CC2)cc([N+](=O)[O-])c1. The lowest BCUT2D eigenvalue weighted by Gasteiger charge is -2.36. The third kappa shape index (κ3) is 3.51. The van der Waals surface area contributed by atoms with E-state index in [0.717, 1.165) is 31.2 Å². The second-order valence-corrected chi connectivity index (χ2v) is 6.54. The van der Waals surface area contributed by atoms with Gasteiger partial charge >= 0.3 is 5.97 Å². The first-order chi connectivity index (χ1) is 12.4. The van der Waals surface area contributed by atoms with Gasteiger partial charge in [-0.15, -0.1) is 0 Å². The minimum atomic E-state index is -1.32. The van der Waals surface area contributed by atoms with E-state index in [1.807, 2.05) is 4.90 Å².